The maximum Gasteiger partial charge on any atom is 0.338 e. The number of ether oxygens (including phenoxy) is 2. The molecule has 4 heteroatoms. The molecule has 0 spiro atoms. The molecule has 0 aromatic heterocycles. The summed E-state index contributed by atoms with van der Waals surface area (Å²) >= 11 is 0. The molecule has 0 saturated heterocycles. The average molecular weight is 348 g/mol. The molecule has 25 heavy (non-hydrogen) atoms. The van der Waals surface area contributed by atoms with Gasteiger partial charge in [-0.3, -0.25) is 0 Å². The van der Waals surface area contributed by atoms with Gasteiger partial charge >= 0.3 is 11.9 Å². The molecule has 0 N–H and O–H groups in total. The van der Waals surface area contributed by atoms with Gasteiger partial charge < -0.3 is 9.47 Å². The Morgan fingerprint density at radius 3 is 1.52 bits per heavy atom. The van der Waals surface area contributed by atoms with Crippen LogP contribution in [0.3, 0.4) is 0 Å². The highest BCUT2D eigenvalue weighted by Crippen LogP contribution is 2.17. The van der Waals surface area contributed by atoms with Crippen LogP contribution in [-0.4, -0.2) is 24.1 Å². The van der Waals surface area contributed by atoms with Crippen molar-refractivity contribution < 1.29 is 19.1 Å². The van der Waals surface area contributed by atoms with Crippen LogP contribution in [0.25, 0.3) is 0 Å². The van der Waals surface area contributed by atoms with Crippen molar-refractivity contribution in [2.75, 3.05) is 0 Å². The van der Waals surface area contributed by atoms with Crippen molar-refractivity contribution in [2.45, 2.75) is 85.4 Å². The molecule has 0 aliphatic carbocycles. The summed E-state index contributed by atoms with van der Waals surface area (Å²) in [5.74, 6) is -0.753. The van der Waals surface area contributed by atoms with Crippen molar-refractivity contribution in [3.05, 3.63) is 34.9 Å². The number of rotatable bonds is 10. The zero-order chi connectivity index (χ0) is 18.8. The van der Waals surface area contributed by atoms with E-state index in [0.29, 0.717) is 11.1 Å². The van der Waals surface area contributed by atoms with Crippen LogP contribution in [0.1, 0.15) is 92.5 Å². The van der Waals surface area contributed by atoms with Gasteiger partial charge in [0.25, 0.3) is 0 Å². The highest BCUT2D eigenvalue weighted by Gasteiger charge is 2.19. The fourth-order valence-corrected chi connectivity index (χ4v) is 2.79. The third-order valence-electron chi connectivity index (χ3n) is 4.23. The largest absolute Gasteiger partial charge is 0.459 e. The number of esters is 2. The lowest BCUT2D eigenvalue weighted by molar-refractivity contribution is 0.0270. The molecule has 0 heterocycles. The van der Waals surface area contributed by atoms with Gasteiger partial charge in [-0.05, 0) is 56.4 Å². The van der Waals surface area contributed by atoms with Gasteiger partial charge in [-0.15, -0.1) is 0 Å². The molecule has 0 bridgehead atoms. The van der Waals surface area contributed by atoms with Crippen LogP contribution in [0.4, 0.5) is 0 Å². The highest BCUT2D eigenvalue weighted by atomic mass is 16.5. The second-order valence-electron chi connectivity index (χ2n) is 6.54. The van der Waals surface area contributed by atoms with E-state index in [9.17, 15) is 9.59 Å². The predicted octanol–water partition coefficient (Wildman–Crippen LogP) is 5.47. The van der Waals surface area contributed by atoms with Crippen LogP contribution in [-0.2, 0) is 9.47 Å². The number of carbonyl (C=O) groups excluding carboxylic acids is 2. The molecular weight excluding hydrogens is 316 g/mol. The maximum absolute atomic E-state index is 12.4. The lowest BCUT2D eigenvalue weighted by Gasteiger charge is -2.17. The first-order valence-electron chi connectivity index (χ1n) is 9.48. The summed E-state index contributed by atoms with van der Waals surface area (Å²) in [7, 11) is 0. The van der Waals surface area contributed by atoms with Crippen molar-refractivity contribution in [2.24, 2.45) is 0 Å². The number of aryl methyl sites for hydroxylation is 1. The molecular formula is C21H32O4. The molecule has 1 aromatic rings. The molecule has 1 rings (SSSR count). The summed E-state index contributed by atoms with van der Waals surface area (Å²) in [6.45, 7) is 10.0. The molecule has 2 unspecified atom stereocenters. The summed E-state index contributed by atoms with van der Waals surface area (Å²) in [6.07, 6.45) is 5.03. The Bertz CT molecular complexity index is 519. The first-order valence-corrected chi connectivity index (χ1v) is 9.48. The van der Waals surface area contributed by atoms with Crippen molar-refractivity contribution in [3.8, 4) is 0 Å². The molecule has 0 saturated carbocycles. The van der Waals surface area contributed by atoms with Gasteiger partial charge in [-0.2, -0.15) is 0 Å². The van der Waals surface area contributed by atoms with E-state index in [-0.39, 0.29) is 24.1 Å². The minimum Gasteiger partial charge on any atom is -0.459 e. The van der Waals surface area contributed by atoms with E-state index in [1.807, 2.05) is 20.8 Å². The summed E-state index contributed by atoms with van der Waals surface area (Å²) < 4.78 is 11.1. The Balaban J connectivity index is 2.91. The first kappa shape index (κ1) is 21.2. The molecule has 0 aliphatic rings. The van der Waals surface area contributed by atoms with Crippen molar-refractivity contribution in [1.82, 2.24) is 0 Å². The van der Waals surface area contributed by atoms with E-state index < -0.39 is 0 Å². The molecule has 0 aliphatic heterocycles. The molecule has 4 nitrogen and oxygen atoms in total. The first-order chi connectivity index (χ1) is 11.9. The minimum absolute atomic E-state index is 0.0811. The maximum atomic E-state index is 12.4. The normalized spacial score (nSPS) is 13.2. The number of hydrogen-bond donors (Lipinski definition) is 0. The van der Waals surface area contributed by atoms with E-state index in [4.69, 9.17) is 9.47 Å². The minimum atomic E-state index is -0.376. The molecule has 0 radical (unpaired) electrons. The second-order valence-corrected chi connectivity index (χ2v) is 6.54. The molecule has 140 valence electrons. The zero-order valence-electron chi connectivity index (χ0n) is 16.3. The fourth-order valence-electron chi connectivity index (χ4n) is 2.79. The second kappa shape index (κ2) is 10.9. The third-order valence-corrected chi connectivity index (χ3v) is 4.23. The molecule has 0 fully saturated rings. The van der Waals surface area contributed by atoms with Gasteiger partial charge in [0.1, 0.15) is 12.2 Å². The van der Waals surface area contributed by atoms with Gasteiger partial charge in [-0.25, -0.2) is 9.59 Å². The average Bonchev–Trinajstić information content (AvgIpc) is 2.60. The Labute approximate surface area is 151 Å². The number of carbonyl (C=O) groups is 2. The Morgan fingerprint density at radius 2 is 1.20 bits per heavy atom. The monoisotopic (exact) mass is 348 g/mol. The zero-order valence-corrected chi connectivity index (χ0v) is 16.3. The molecule has 1 aromatic carbocycles. The van der Waals surface area contributed by atoms with Crippen LogP contribution in [0.5, 0.6) is 0 Å². The van der Waals surface area contributed by atoms with Crippen LogP contribution >= 0.6 is 0 Å². The summed E-state index contributed by atoms with van der Waals surface area (Å²) in [5.41, 5.74) is 1.66. The number of benzene rings is 1. The van der Waals surface area contributed by atoms with Crippen LogP contribution < -0.4 is 0 Å². The standard InChI is InChI=1S/C21H32O4/c1-6-10-18(8-3)24-20(22)16-12-15(5)13-17(14-16)21(23)25-19(9-4)11-7-2/h12-14,18-19H,6-11H2,1-5H3. The van der Waals surface area contributed by atoms with E-state index in [2.05, 4.69) is 13.8 Å². The topological polar surface area (TPSA) is 52.6 Å². The Morgan fingerprint density at radius 1 is 0.800 bits per heavy atom. The smallest absolute Gasteiger partial charge is 0.338 e. The van der Waals surface area contributed by atoms with Gasteiger partial charge in [-0.1, -0.05) is 40.5 Å². The van der Waals surface area contributed by atoms with Crippen molar-refractivity contribution in [1.29, 1.82) is 0 Å². The molecule has 0 amide bonds. The molecule has 2 atom stereocenters. The highest BCUT2D eigenvalue weighted by molar-refractivity contribution is 5.95. The summed E-state index contributed by atoms with van der Waals surface area (Å²) in [4.78, 5) is 24.8. The Hall–Kier alpha value is -1.84. The summed E-state index contributed by atoms with van der Waals surface area (Å²) in [6, 6.07) is 5.08. The van der Waals surface area contributed by atoms with Gasteiger partial charge in [0, 0.05) is 0 Å². The lowest BCUT2D eigenvalue weighted by atomic mass is 10.1. The van der Waals surface area contributed by atoms with Crippen LogP contribution in [0, 0.1) is 6.92 Å². The predicted molar refractivity (Wildman–Crippen MR) is 100.0 cm³/mol. The van der Waals surface area contributed by atoms with E-state index in [1.54, 1.807) is 18.2 Å². The Kier molecular flexibility index (Phi) is 9.25. The van der Waals surface area contributed by atoms with Crippen LogP contribution in [0.15, 0.2) is 18.2 Å². The van der Waals surface area contributed by atoms with E-state index >= 15 is 0 Å². The van der Waals surface area contributed by atoms with Gasteiger partial charge in [0.05, 0.1) is 11.1 Å². The lowest BCUT2D eigenvalue weighted by Crippen LogP contribution is -2.19. The van der Waals surface area contributed by atoms with Crippen LogP contribution in [0.2, 0.25) is 0 Å². The van der Waals surface area contributed by atoms with Crippen molar-refractivity contribution in [3.63, 3.8) is 0 Å². The number of hydrogen-bond acceptors (Lipinski definition) is 4. The fraction of sp³-hybridized carbons (Fsp3) is 0.619. The van der Waals surface area contributed by atoms with Gasteiger partial charge in [0.15, 0.2) is 0 Å². The van der Waals surface area contributed by atoms with E-state index in [0.717, 1.165) is 44.1 Å². The van der Waals surface area contributed by atoms with Crippen molar-refractivity contribution >= 4 is 11.9 Å². The summed E-state index contributed by atoms with van der Waals surface area (Å²) in [5, 5.41) is 0. The van der Waals surface area contributed by atoms with E-state index in [1.165, 1.54) is 0 Å². The SMILES string of the molecule is CCCC(CC)OC(=O)c1cc(C)cc(C(=O)OC(CC)CCC)c1. The third kappa shape index (κ3) is 6.89. The quantitative estimate of drug-likeness (QED) is 0.526. The van der Waals surface area contributed by atoms with Gasteiger partial charge in [0.2, 0.25) is 0 Å².